The molecule has 0 aromatic carbocycles. The van der Waals surface area contributed by atoms with E-state index in [2.05, 4.69) is 13.8 Å². The zero-order chi connectivity index (χ0) is 12.5. The zero-order valence-corrected chi connectivity index (χ0v) is 11.1. The number of hydrogen-bond acceptors (Lipinski definition) is 3. The molecular formula is C13H23NO3. The highest BCUT2D eigenvalue weighted by Gasteiger charge is 2.38. The van der Waals surface area contributed by atoms with Crippen molar-refractivity contribution < 1.29 is 14.3 Å². The second kappa shape index (κ2) is 4.94. The lowest BCUT2D eigenvalue weighted by Gasteiger charge is -2.44. The standard InChI is InChI=1S/C13H23NO3/c1-10-8-11(4-6-17-10)12(15)14-5-7-16-9-13(14,2)3/h10-11H,4-9H2,1-3H3. The Kier molecular flexibility index (Phi) is 3.73. The minimum atomic E-state index is -0.170. The van der Waals surface area contributed by atoms with Crippen LogP contribution in [-0.4, -0.2) is 48.8 Å². The molecule has 2 saturated heterocycles. The van der Waals surface area contributed by atoms with Crippen molar-refractivity contribution in [3.05, 3.63) is 0 Å². The van der Waals surface area contributed by atoms with Crippen molar-refractivity contribution in [3.8, 4) is 0 Å². The van der Waals surface area contributed by atoms with Crippen LogP contribution in [-0.2, 0) is 14.3 Å². The molecular weight excluding hydrogens is 218 g/mol. The summed E-state index contributed by atoms with van der Waals surface area (Å²) in [5.41, 5.74) is -0.170. The van der Waals surface area contributed by atoms with Crippen LogP contribution in [0, 0.1) is 5.92 Å². The fourth-order valence-corrected chi connectivity index (χ4v) is 2.71. The predicted octanol–water partition coefficient (Wildman–Crippen LogP) is 1.44. The van der Waals surface area contributed by atoms with Gasteiger partial charge in [0.05, 0.1) is 24.9 Å². The fourth-order valence-electron chi connectivity index (χ4n) is 2.71. The molecule has 0 N–H and O–H groups in total. The minimum absolute atomic E-state index is 0.135. The van der Waals surface area contributed by atoms with Gasteiger partial charge < -0.3 is 14.4 Å². The Labute approximate surface area is 103 Å². The number of carbonyl (C=O) groups excluding carboxylic acids is 1. The van der Waals surface area contributed by atoms with Crippen molar-refractivity contribution in [2.75, 3.05) is 26.4 Å². The Bertz CT molecular complexity index is 290. The van der Waals surface area contributed by atoms with Crippen molar-refractivity contribution in [2.45, 2.75) is 45.3 Å². The largest absolute Gasteiger partial charge is 0.378 e. The van der Waals surface area contributed by atoms with Crippen molar-refractivity contribution in [3.63, 3.8) is 0 Å². The molecule has 2 fully saturated rings. The van der Waals surface area contributed by atoms with Gasteiger partial charge in [-0.3, -0.25) is 4.79 Å². The van der Waals surface area contributed by atoms with E-state index >= 15 is 0 Å². The summed E-state index contributed by atoms with van der Waals surface area (Å²) in [5, 5.41) is 0. The number of nitrogens with zero attached hydrogens (tertiary/aromatic N) is 1. The summed E-state index contributed by atoms with van der Waals surface area (Å²) in [6.45, 7) is 8.93. The van der Waals surface area contributed by atoms with E-state index in [-0.39, 0.29) is 23.5 Å². The molecule has 0 spiro atoms. The number of morpholine rings is 1. The molecule has 1 amide bonds. The summed E-state index contributed by atoms with van der Waals surface area (Å²) in [5.74, 6) is 0.421. The van der Waals surface area contributed by atoms with Gasteiger partial charge in [0.2, 0.25) is 5.91 Å². The number of amides is 1. The number of ether oxygens (including phenoxy) is 2. The summed E-state index contributed by atoms with van der Waals surface area (Å²) in [7, 11) is 0. The van der Waals surface area contributed by atoms with Crippen LogP contribution in [0.15, 0.2) is 0 Å². The van der Waals surface area contributed by atoms with Gasteiger partial charge in [0, 0.05) is 19.1 Å². The van der Waals surface area contributed by atoms with Crippen molar-refractivity contribution >= 4 is 5.91 Å². The maximum absolute atomic E-state index is 12.5. The van der Waals surface area contributed by atoms with Crippen LogP contribution in [0.3, 0.4) is 0 Å². The van der Waals surface area contributed by atoms with Gasteiger partial charge >= 0.3 is 0 Å². The minimum Gasteiger partial charge on any atom is -0.378 e. The summed E-state index contributed by atoms with van der Waals surface area (Å²) in [4.78, 5) is 14.5. The van der Waals surface area contributed by atoms with E-state index in [1.165, 1.54) is 0 Å². The van der Waals surface area contributed by atoms with Gasteiger partial charge in [-0.25, -0.2) is 0 Å². The fraction of sp³-hybridized carbons (Fsp3) is 0.923. The lowest BCUT2D eigenvalue weighted by atomic mass is 9.92. The van der Waals surface area contributed by atoms with E-state index in [9.17, 15) is 4.79 Å². The molecule has 0 aromatic rings. The number of rotatable bonds is 1. The zero-order valence-electron chi connectivity index (χ0n) is 11.1. The van der Waals surface area contributed by atoms with E-state index in [0.29, 0.717) is 19.8 Å². The van der Waals surface area contributed by atoms with Crippen molar-refractivity contribution in [1.29, 1.82) is 0 Å². The molecule has 2 atom stereocenters. The van der Waals surface area contributed by atoms with Gasteiger partial charge in [-0.15, -0.1) is 0 Å². The molecule has 0 aromatic heterocycles. The Morgan fingerprint density at radius 3 is 2.76 bits per heavy atom. The monoisotopic (exact) mass is 241 g/mol. The highest BCUT2D eigenvalue weighted by atomic mass is 16.5. The first kappa shape index (κ1) is 12.8. The van der Waals surface area contributed by atoms with E-state index in [0.717, 1.165) is 19.4 Å². The summed E-state index contributed by atoms with van der Waals surface area (Å²) in [6, 6.07) is 0. The average molecular weight is 241 g/mol. The molecule has 2 rings (SSSR count). The third-order valence-corrected chi connectivity index (χ3v) is 3.75. The molecule has 17 heavy (non-hydrogen) atoms. The van der Waals surface area contributed by atoms with Crippen LogP contribution in [0.1, 0.15) is 33.6 Å². The second-order valence-electron chi connectivity index (χ2n) is 5.76. The van der Waals surface area contributed by atoms with E-state index in [4.69, 9.17) is 9.47 Å². The third kappa shape index (κ3) is 2.80. The summed E-state index contributed by atoms with van der Waals surface area (Å²) < 4.78 is 11.0. The average Bonchev–Trinajstić information content (AvgIpc) is 2.27. The predicted molar refractivity (Wildman–Crippen MR) is 64.7 cm³/mol. The molecule has 4 heteroatoms. The smallest absolute Gasteiger partial charge is 0.226 e. The maximum atomic E-state index is 12.5. The van der Waals surface area contributed by atoms with Gasteiger partial charge in [-0.1, -0.05) is 0 Å². The topological polar surface area (TPSA) is 38.8 Å². The Morgan fingerprint density at radius 2 is 2.12 bits per heavy atom. The first-order valence-corrected chi connectivity index (χ1v) is 6.51. The molecule has 2 aliphatic rings. The summed E-state index contributed by atoms with van der Waals surface area (Å²) in [6.07, 6.45) is 1.92. The lowest BCUT2D eigenvalue weighted by molar-refractivity contribution is -0.155. The van der Waals surface area contributed by atoms with Crippen LogP contribution < -0.4 is 0 Å². The quantitative estimate of drug-likeness (QED) is 0.697. The van der Waals surface area contributed by atoms with Crippen LogP contribution >= 0.6 is 0 Å². The highest BCUT2D eigenvalue weighted by molar-refractivity contribution is 5.79. The lowest BCUT2D eigenvalue weighted by Crippen LogP contribution is -2.57. The first-order chi connectivity index (χ1) is 8.00. The highest BCUT2D eigenvalue weighted by Crippen LogP contribution is 2.27. The molecule has 98 valence electrons. The second-order valence-corrected chi connectivity index (χ2v) is 5.76. The number of hydrogen-bond donors (Lipinski definition) is 0. The Balaban J connectivity index is 2.02. The van der Waals surface area contributed by atoms with E-state index in [1.807, 2.05) is 11.8 Å². The van der Waals surface area contributed by atoms with Gasteiger partial charge in [-0.05, 0) is 33.6 Å². The third-order valence-electron chi connectivity index (χ3n) is 3.75. The van der Waals surface area contributed by atoms with Crippen LogP contribution in [0.4, 0.5) is 0 Å². The Morgan fingerprint density at radius 1 is 1.35 bits per heavy atom. The SMILES string of the molecule is CC1CC(C(=O)N2CCOCC2(C)C)CCO1. The van der Waals surface area contributed by atoms with Crippen LogP contribution in [0.25, 0.3) is 0 Å². The summed E-state index contributed by atoms with van der Waals surface area (Å²) >= 11 is 0. The first-order valence-electron chi connectivity index (χ1n) is 6.51. The van der Waals surface area contributed by atoms with Crippen LogP contribution in [0.2, 0.25) is 0 Å². The molecule has 0 saturated carbocycles. The van der Waals surface area contributed by atoms with Gasteiger partial charge in [0.25, 0.3) is 0 Å². The normalized spacial score (nSPS) is 33.5. The van der Waals surface area contributed by atoms with Gasteiger partial charge in [-0.2, -0.15) is 0 Å². The maximum Gasteiger partial charge on any atom is 0.226 e. The Hall–Kier alpha value is -0.610. The van der Waals surface area contributed by atoms with Crippen molar-refractivity contribution in [2.24, 2.45) is 5.92 Å². The van der Waals surface area contributed by atoms with E-state index < -0.39 is 0 Å². The van der Waals surface area contributed by atoms with Crippen LogP contribution in [0.5, 0.6) is 0 Å². The van der Waals surface area contributed by atoms with Gasteiger partial charge in [0.1, 0.15) is 0 Å². The molecule has 0 radical (unpaired) electrons. The molecule has 2 aliphatic heterocycles. The molecule has 4 nitrogen and oxygen atoms in total. The molecule has 2 unspecified atom stereocenters. The molecule has 2 heterocycles. The molecule has 0 bridgehead atoms. The van der Waals surface area contributed by atoms with Gasteiger partial charge in [0.15, 0.2) is 0 Å². The molecule has 0 aliphatic carbocycles. The number of carbonyl (C=O) groups is 1. The van der Waals surface area contributed by atoms with E-state index in [1.54, 1.807) is 0 Å². The van der Waals surface area contributed by atoms with Crippen molar-refractivity contribution in [1.82, 2.24) is 4.90 Å².